The van der Waals surface area contributed by atoms with Gasteiger partial charge in [0.1, 0.15) is 12.1 Å². The number of hydrogen-bond donors (Lipinski definition) is 3. The fraction of sp³-hybridized carbons (Fsp3) is 0.500. The quantitative estimate of drug-likeness (QED) is 0.396. The van der Waals surface area contributed by atoms with Gasteiger partial charge in [-0.05, 0) is 0 Å². The molecule has 0 bridgehead atoms. The SMILES string of the molecule is O=C(O)[C@H]1N[C@@H]1C(=O)O. The first-order valence-corrected chi connectivity index (χ1v) is 2.34. The van der Waals surface area contributed by atoms with E-state index < -0.39 is 24.0 Å². The van der Waals surface area contributed by atoms with Crippen molar-refractivity contribution in [3.05, 3.63) is 0 Å². The fourth-order valence-corrected chi connectivity index (χ4v) is 0.566. The van der Waals surface area contributed by atoms with Crippen LogP contribution in [-0.4, -0.2) is 34.2 Å². The molecule has 0 saturated carbocycles. The summed E-state index contributed by atoms with van der Waals surface area (Å²) in [5, 5.41) is 18.6. The number of rotatable bonds is 2. The average Bonchev–Trinajstić information content (AvgIpc) is 2.39. The predicted molar refractivity (Wildman–Crippen MR) is 26.0 cm³/mol. The van der Waals surface area contributed by atoms with E-state index in [0.717, 1.165) is 0 Å². The Balaban J connectivity index is 2.42. The summed E-state index contributed by atoms with van der Waals surface area (Å²) in [6.45, 7) is 0. The topological polar surface area (TPSA) is 96.5 Å². The van der Waals surface area contributed by atoms with Gasteiger partial charge in [0.05, 0.1) is 0 Å². The largest absolute Gasteiger partial charge is 0.480 e. The summed E-state index contributed by atoms with van der Waals surface area (Å²) in [6, 6.07) is -1.75. The summed E-state index contributed by atoms with van der Waals surface area (Å²) >= 11 is 0. The summed E-state index contributed by atoms with van der Waals surface area (Å²) in [5.74, 6) is -2.22. The van der Waals surface area contributed by atoms with Crippen LogP contribution in [0.25, 0.3) is 0 Å². The van der Waals surface area contributed by atoms with E-state index in [1.54, 1.807) is 0 Å². The molecule has 9 heavy (non-hydrogen) atoms. The van der Waals surface area contributed by atoms with Crippen LogP contribution in [0.15, 0.2) is 0 Å². The molecular weight excluding hydrogens is 126 g/mol. The monoisotopic (exact) mass is 131 g/mol. The molecule has 1 saturated heterocycles. The van der Waals surface area contributed by atoms with Crippen LogP contribution in [0.4, 0.5) is 0 Å². The van der Waals surface area contributed by atoms with E-state index >= 15 is 0 Å². The Morgan fingerprint density at radius 3 is 1.56 bits per heavy atom. The van der Waals surface area contributed by atoms with Gasteiger partial charge in [0.15, 0.2) is 0 Å². The van der Waals surface area contributed by atoms with Crippen molar-refractivity contribution in [3.63, 3.8) is 0 Å². The Bertz CT molecular complexity index is 148. The molecular formula is C4H5NO4. The molecule has 5 nitrogen and oxygen atoms in total. The van der Waals surface area contributed by atoms with E-state index in [9.17, 15) is 9.59 Å². The molecule has 1 heterocycles. The van der Waals surface area contributed by atoms with Gasteiger partial charge in [-0.15, -0.1) is 0 Å². The van der Waals surface area contributed by atoms with E-state index in [1.165, 1.54) is 0 Å². The molecule has 5 heteroatoms. The first-order valence-electron chi connectivity index (χ1n) is 2.34. The Kier molecular flexibility index (Phi) is 1.14. The molecule has 0 radical (unpaired) electrons. The minimum Gasteiger partial charge on any atom is -0.480 e. The second kappa shape index (κ2) is 1.70. The highest BCUT2D eigenvalue weighted by molar-refractivity contribution is 5.90. The minimum atomic E-state index is -1.11. The number of aliphatic carboxylic acids is 2. The average molecular weight is 131 g/mol. The molecule has 0 aromatic heterocycles. The van der Waals surface area contributed by atoms with Gasteiger partial charge in [-0.2, -0.15) is 0 Å². The molecule has 1 fully saturated rings. The number of nitrogens with one attached hydrogen (secondary N) is 1. The molecule has 1 rings (SSSR count). The van der Waals surface area contributed by atoms with Gasteiger partial charge in [0, 0.05) is 0 Å². The van der Waals surface area contributed by atoms with Crippen molar-refractivity contribution in [2.45, 2.75) is 12.1 Å². The highest BCUT2D eigenvalue weighted by Crippen LogP contribution is 2.09. The lowest BCUT2D eigenvalue weighted by Gasteiger charge is -1.81. The standard InChI is InChI=1S/C4H5NO4/c6-3(7)1-2(5-1)4(8)9/h1-2,5H,(H,6,7)(H,8,9)/t1-,2-/m0/s1. The Morgan fingerprint density at radius 1 is 1.11 bits per heavy atom. The van der Waals surface area contributed by atoms with Crippen LogP contribution in [0.1, 0.15) is 0 Å². The molecule has 0 aliphatic carbocycles. The number of carboxylic acids is 2. The zero-order valence-corrected chi connectivity index (χ0v) is 4.37. The summed E-state index contributed by atoms with van der Waals surface area (Å²) in [7, 11) is 0. The van der Waals surface area contributed by atoms with E-state index in [1.807, 2.05) is 0 Å². The molecule has 1 aliphatic heterocycles. The first kappa shape index (κ1) is 6.03. The van der Waals surface area contributed by atoms with Crippen LogP contribution in [0.2, 0.25) is 0 Å². The molecule has 0 aromatic rings. The van der Waals surface area contributed by atoms with Gasteiger partial charge in [-0.25, -0.2) is 0 Å². The van der Waals surface area contributed by atoms with Crippen molar-refractivity contribution in [2.24, 2.45) is 0 Å². The third kappa shape index (κ3) is 0.996. The maximum Gasteiger partial charge on any atom is 0.322 e. The molecule has 0 aromatic carbocycles. The third-order valence-corrected chi connectivity index (χ3v) is 1.12. The van der Waals surface area contributed by atoms with Crippen molar-refractivity contribution >= 4 is 11.9 Å². The lowest BCUT2D eigenvalue weighted by Crippen LogP contribution is -2.14. The van der Waals surface area contributed by atoms with Crippen molar-refractivity contribution < 1.29 is 19.8 Å². The van der Waals surface area contributed by atoms with E-state index in [0.29, 0.717) is 0 Å². The molecule has 1 aliphatic rings. The second-order valence-corrected chi connectivity index (χ2v) is 1.80. The zero-order chi connectivity index (χ0) is 7.02. The summed E-state index contributed by atoms with van der Waals surface area (Å²) in [5.41, 5.74) is 0. The van der Waals surface area contributed by atoms with Crippen molar-refractivity contribution in [3.8, 4) is 0 Å². The third-order valence-electron chi connectivity index (χ3n) is 1.12. The summed E-state index contributed by atoms with van der Waals surface area (Å²) in [4.78, 5) is 19.9. The van der Waals surface area contributed by atoms with E-state index in [-0.39, 0.29) is 0 Å². The number of carbonyl (C=O) groups is 2. The molecule has 0 amide bonds. The molecule has 2 atom stereocenters. The molecule has 3 N–H and O–H groups in total. The highest BCUT2D eigenvalue weighted by Gasteiger charge is 2.47. The van der Waals surface area contributed by atoms with E-state index in [2.05, 4.69) is 5.32 Å². The Morgan fingerprint density at radius 2 is 1.44 bits per heavy atom. The predicted octanol–water partition coefficient (Wildman–Crippen LogP) is -1.50. The maximum absolute atomic E-state index is 9.95. The normalized spacial score (nSPS) is 31.6. The molecule has 0 spiro atoms. The number of carboxylic acid groups (broad SMARTS) is 2. The number of hydrogen-bond acceptors (Lipinski definition) is 3. The Hall–Kier alpha value is -1.10. The van der Waals surface area contributed by atoms with Gasteiger partial charge in [-0.3, -0.25) is 14.9 Å². The van der Waals surface area contributed by atoms with Gasteiger partial charge in [0.25, 0.3) is 0 Å². The lowest BCUT2D eigenvalue weighted by atomic mass is 10.3. The van der Waals surface area contributed by atoms with Crippen molar-refractivity contribution in [1.29, 1.82) is 0 Å². The maximum atomic E-state index is 9.95. The van der Waals surface area contributed by atoms with Crippen molar-refractivity contribution in [2.75, 3.05) is 0 Å². The Labute approximate surface area is 50.3 Å². The molecule has 0 unspecified atom stereocenters. The smallest absolute Gasteiger partial charge is 0.322 e. The van der Waals surface area contributed by atoms with Crippen LogP contribution < -0.4 is 5.32 Å². The van der Waals surface area contributed by atoms with Crippen LogP contribution in [0.3, 0.4) is 0 Å². The van der Waals surface area contributed by atoms with Crippen LogP contribution in [0, 0.1) is 0 Å². The van der Waals surface area contributed by atoms with Crippen molar-refractivity contribution in [1.82, 2.24) is 5.32 Å². The lowest BCUT2D eigenvalue weighted by molar-refractivity contribution is -0.140. The minimum absolute atomic E-state index is 0.873. The van der Waals surface area contributed by atoms with Crippen LogP contribution in [-0.2, 0) is 9.59 Å². The van der Waals surface area contributed by atoms with E-state index in [4.69, 9.17) is 10.2 Å². The fourth-order valence-electron chi connectivity index (χ4n) is 0.566. The highest BCUT2D eigenvalue weighted by atomic mass is 16.4. The van der Waals surface area contributed by atoms with Gasteiger partial charge < -0.3 is 10.2 Å². The first-order chi connectivity index (χ1) is 4.13. The second-order valence-electron chi connectivity index (χ2n) is 1.80. The summed E-state index contributed by atoms with van der Waals surface area (Å²) < 4.78 is 0. The summed E-state index contributed by atoms with van der Waals surface area (Å²) in [6.07, 6.45) is 0. The van der Waals surface area contributed by atoms with Gasteiger partial charge >= 0.3 is 11.9 Å². The van der Waals surface area contributed by atoms with Crippen LogP contribution in [0.5, 0.6) is 0 Å². The zero-order valence-electron chi connectivity index (χ0n) is 4.37. The van der Waals surface area contributed by atoms with Crippen LogP contribution >= 0.6 is 0 Å². The molecule has 50 valence electrons. The van der Waals surface area contributed by atoms with Gasteiger partial charge in [0.2, 0.25) is 0 Å². The van der Waals surface area contributed by atoms with Gasteiger partial charge in [-0.1, -0.05) is 0 Å².